The Bertz CT molecular complexity index is 496. The van der Waals surface area contributed by atoms with Gasteiger partial charge in [0.1, 0.15) is 0 Å². The van der Waals surface area contributed by atoms with E-state index in [0.717, 1.165) is 30.6 Å². The Morgan fingerprint density at radius 3 is 3.12 bits per heavy atom. The van der Waals surface area contributed by atoms with Gasteiger partial charge in [0.2, 0.25) is 0 Å². The van der Waals surface area contributed by atoms with Gasteiger partial charge >= 0.3 is 0 Å². The van der Waals surface area contributed by atoms with Crippen LogP contribution in [0.15, 0.2) is 29.0 Å². The molecule has 4 nitrogen and oxygen atoms in total. The van der Waals surface area contributed by atoms with Gasteiger partial charge in [-0.2, -0.15) is 0 Å². The van der Waals surface area contributed by atoms with Crippen LogP contribution in [-0.4, -0.2) is 15.8 Å². The molecule has 0 amide bonds. The van der Waals surface area contributed by atoms with E-state index in [1.165, 1.54) is 18.4 Å². The van der Waals surface area contributed by atoms with Crippen LogP contribution in [0.5, 0.6) is 0 Å². The van der Waals surface area contributed by atoms with Crippen LogP contribution in [0.2, 0.25) is 0 Å². The monoisotopic (exact) mass is 231 g/mol. The SMILES string of the molecule is Cc1cc(Cn2ccc(CNC3CC3)c2)on1. The largest absolute Gasteiger partial charge is 0.359 e. The van der Waals surface area contributed by atoms with E-state index in [0.29, 0.717) is 0 Å². The Kier molecular flexibility index (Phi) is 2.73. The lowest BCUT2D eigenvalue weighted by atomic mass is 10.3. The van der Waals surface area contributed by atoms with Gasteiger partial charge in [-0.25, -0.2) is 0 Å². The van der Waals surface area contributed by atoms with Gasteiger partial charge in [-0.15, -0.1) is 0 Å². The van der Waals surface area contributed by atoms with Crippen molar-refractivity contribution < 1.29 is 4.52 Å². The molecule has 4 heteroatoms. The Morgan fingerprint density at radius 1 is 1.53 bits per heavy atom. The molecule has 0 radical (unpaired) electrons. The van der Waals surface area contributed by atoms with Crippen LogP contribution in [0.1, 0.15) is 29.9 Å². The van der Waals surface area contributed by atoms with Crippen molar-refractivity contribution in [3.8, 4) is 0 Å². The third-order valence-corrected chi connectivity index (χ3v) is 3.00. The number of hydrogen-bond acceptors (Lipinski definition) is 3. The second-order valence-electron chi connectivity index (χ2n) is 4.78. The summed E-state index contributed by atoms with van der Waals surface area (Å²) in [4.78, 5) is 0. The first-order valence-electron chi connectivity index (χ1n) is 6.10. The van der Waals surface area contributed by atoms with Crippen molar-refractivity contribution in [1.82, 2.24) is 15.0 Å². The molecular formula is C13H17N3O. The summed E-state index contributed by atoms with van der Waals surface area (Å²) < 4.78 is 7.33. The third kappa shape index (κ3) is 2.77. The van der Waals surface area contributed by atoms with Crippen LogP contribution in [0.4, 0.5) is 0 Å². The molecule has 3 rings (SSSR count). The zero-order valence-corrected chi connectivity index (χ0v) is 10.0. The molecule has 2 aromatic heterocycles. The van der Waals surface area contributed by atoms with Crippen molar-refractivity contribution >= 4 is 0 Å². The molecule has 0 bridgehead atoms. The van der Waals surface area contributed by atoms with E-state index in [-0.39, 0.29) is 0 Å². The van der Waals surface area contributed by atoms with Crippen molar-refractivity contribution in [3.05, 3.63) is 41.5 Å². The second-order valence-corrected chi connectivity index (χ2v) is 4.78. The summed E-state index contributed by atoms with van der Waals surface area (Å²) in [5, 5.41) is 7.39. The summed E-state index contributed by atoms with van der Waals surface area (Å²) in [6, 6.07) is 4.89. The molecule has 1 saturated carbocycles. The van der Waals surface area contributed by atoms with Crippen molar-refractivity contribution in [1.29, 1.82) is 0 Å². The van der Waals surface area contributed by atoms with E-state index in [2.05, 4.69) is 33.5 Å². The van der Waals surface area contributed by atoms with Crippen LogP contribution in [0.3, 0.4) is 0 Å². The summed E-state index contributed by atoms with van der Waals surface area (Å²) in [5.74, 6) is 0.903. The van der Waals surface area contributed by atoms with E-state index in [1.807, 2.05) is 13.0 Å². The first kappa shape index (κ1) is 10.6. The van der Waals surface area contributed by atoms with Gasteiger partial charge in [0, 0.05) is 31.0 Å². The van der Waals surface area contributed by atoms with Crippen molar-refractivity contribution in [3.63, 3.8) is 0 Å². The molecule has 2 heterocycles. The zero-order valence-electron chi connectivity index (χ0n) is 10.0. The Hall–Kier alpha value is -1.55. The summed E-state index contributed by atoms with van der Waals surface area (Å²) in [7, 11) is 0. The number of nitrogens with zero attached hydrogens (tertiary/aromatic N) is 2. The minimum absolute atomic E-state index is 0.754. The maximum absolute atomic E-state index is 5.20. The van der Waals surface area contributed by atoms with Crippen LogP contribution >= 0.6 is 0 Å². The molecule has 0 aliphatic heterocycles. The molecule has 0 atom stereocenters. The predicted octanol–water partition coefficient (Wildman–Crippen LogP) is 2.08. The molecule has 1 fully saturated rings. The minimum atomic E-state index is 0.754. The van der Waals surface area contributed by atoms with Gasteiger partial charge in [0.15, 0.2) is 5.76 Å². The molecular weight excluding hydrogens is 214 g/mol. The van der Waals surface area contributed by atoms with E-state index < -0.39 is 0 Å². The van der Waals surface area contributed by atoms with E-state index in [4.69, 9.17) is 4.52 Å². The Labute approximate surface area is 101 Å². The molecule has 0 spiro atoms. The van der Waals surface area contributed by atoms with Crippen molar-refractivity contribution in [2.24, 2.45) is 0 Å². The quantitative estimate of drug-likeness (QED) is 0.856. The highest BCUT2D eigenvalue weighted by Gasteiger charge is 2.19. The minimum Gasteiger partial charge on any atom is -0.359 e. The van der Waals surface area contributed by atoms with Crippen molar-refractivity contribution in [2.45, 2.75) is 38.9 Å². The summed E-state index contributed by atoms with van der Waals surface area (Å²) in [5.41, 5.74) is 2.26. The maximum Gasteiger partial charge on any atom is 0.156 e. The highest BCUT2D eigenvalue weighted by Crippen LogP contribution is 2.19. The lowest BCUT2D eigenvalue weighted by Crippen LogP contribution is -2.14. The normalized spacial score (nSPS) is 15.4. The topological polar surface area (TPSA) is 43.0 Å². The number of aromatic nitrogens is 2. The molecule has 1 N–H and O–H groups in total. The number of aryl methyl sites for hydroxylation is 1. The molecule has 0 aromatic carbocycles. The third-order valence-electron chi connectivity index (χ3n) is 3.00. The molecule has 1 aliphatic carbocycles. The molecule has 17 heavy (non-hydrogen) atoms. The lowest BCUT2D eigenvalue weighted by Gasteiger charge is -2.00. The number of rotatable bonds is 5. The first-order valence-corrected chi connectivity index (χ1v) is 6.10. The van der Waals surface area contributed by atoms with Crippen LogP contribution in [-0.2, 0) is 13.1 Å². The molecule has 2 aromatic rings. The Balaban J connectivity index is 1.59. The lowest BCUT2D eigenvalue weighted by molar-refractivity contribution is 0.373. The highest BCUT2D eigenvalue weighted by molar-refractivity contribution is 5.12. The highest BCUT2D eigenvalue weighted by atomic mass is 16.5. The average molecular weight is 231 g/mol. The summed E-state index contributed by atoms with van der Waals surface area (Å²) >= 11 is 0. The predicted molar refractivity (Wildman–Crippen MR) is 64.6 cm³/mol. The second kappa shape index (κ2) is 4.37. The number of hydrogen-bond donors (Lipinski definition) is 1. The van der Waals surface area contributed by atoms with Gasteiger partial charge in [-0.3, -0.25) is 0 Å². The van der Waals surface area contributed by atoms with Gasteiger partial charge < -0.3 is 14.4 Å². The zero-order chi connectivity index (χ0) is 11.7. The fraction of sp³-hybridized carbons (Fsp3) is 0.462. The van der Waals surface area contributed by atoms with Gasteiger partial charge in [-0.1, -0.05) is 5.16 Å². The van der Waals surface area contributed by atoms with Gasteiger partial charge in [-0.05, 0) is 31.4 Å². The fourth-order valence-electron chi connectivity index (χ4n) is 1.91. The average Bonchev–Trinajstić information content (AvgIpc) is 2.90. The molecule has 0 unspecified atom stereocenters. The van der Waals surface area contributed by atoms with Crippen molar-refractivity contribution in [2.75, 3.05) is 0 Å². The van der Waals surface area contributed by atoms with E-state index in [1.54, 1.807) is 0 Å². The van der Waals surface area contributed by atoms with E-state index >= 15 is 0 Å². The van der Waals surface area contributed by atoms with Crippen LogP contribution in [0.25, 0.3) is 0 Å². The number of nitrogens with one attached hydrogen (secondary N) is 1. The smallest absolute Gasteiger partial charge is 0.156 e. The van der Waals surface area contributed by atoms with Crippen LogP contribution in [0, 0.1) is 6.92 Å². The molecule has 1 aliphatic rings. The molecule has 90 valence electrons. The summed E-state index contributed by atoms with van der Waals surface area (Å²) in [6.07, 6.45) is 6.91. The Morgan fingerprint density at radius 2 is 2.41 bits per heavy atom. The standard InChI is InChI=1S/C13H17N3O/c1-10-6-13(17-15-10)9-16-5-4-11(8-16)7-14-12-2-3-12/h4-6,8,12,14H,2-3,7,9H2,1H3. The first-order chi connectivity index (χ1) is 8.29. The molecule has 0 saturated heterocycles. The van der Waals surface area contributed by atoms with Crippen LogP contribution < -0.4 is 5.32 Å². The maximum atomic E-state index is 5.20. The van der Waals surface area contributed by atoms with Gasteiger partial charge in [0.05, 0.1) is 12.2 Å². The fourth-order valence-corrected chi connectivity index (χ4v) is 1.91. The van der Waals surface area contributed by atoms with E-state index in [9.17, 15) is 0 Å². The van der Waals surface area contributed by atoms with Gasteiger partial charge in [0.25, 0.3) is 0 Å². The summed E-state index contributed by atoms with van der Waals surface area (Å²) in [6.45, 7) is 3.66.